The van der Waals surface area contributed by atoms with Crippen molar-refractivity contribution in [3.8, 4) is 0 Å². The molecule has 0 radical (unpaired) electrons. The molecule has 0 saturated heterocycles. The first kappa shape index (κ1) is 14.8. The molecule has 102 valence electrons. The molecular weight excluding hydrogens is 270 g/mol. The van der Waals surface area contributed by atoms with Gasteiger partial charge in [-0.1, -0.05) is 6.92 Å². The molecule has 0 bridgehead atoms. The maximum absolute atomic E-state index is 11.7. The van der Waals surface area contributed by atoms with Gasteiger partial charge in [0.15, 0.2) is 0 Å². The van der Waals surface area contributed by atoms with Crippen molar-refractivity contribution in [2.75, 3.05) is 12.3 Å². The Kier molecular flexibility index (Phi) is 4.53. The molecule has 1 saturated carbocycles. The molecule has 0 spiro atoms. The number of aliphatic hydroxyl groups is 1. The minimum Gasteiger partial charge on any atom is -0.391 e. The lowest BCUT2D eigenvalue weighted by molar-refractivity contribution is 0.197. The van der Waals surface area contributed by atoms with Crippen LogP contribution in [0, 0.1) is 5.92 Å². The highest BCUT2D eigenvalue weighted by Gasteiger charge is 2.37. The fraction of sp³-hybridized carbons (Fsp3) is 1.00. The van der Waals surface area contributed by atoms with Crippen LogP contribution in [0.15, 0.2) is 0 Å². The molecule has 3 N–H and O–H groups in total. The van der Waals surface area contributed by atoms with Crippen molar-refractivity contribution in [2.24, 2.45) is 5.92 Å². The number of nitrogens with one attached hydrogen (secondary N) is 1. The third-order valence-corrected chi connectivity index (χ3v) is 5.74. The van der Waals surface area contributed by atoms with Crippen LogP contribution < -0.4 is 4.72 Å². The fourth-order valence-corrected chi connectivity index (χ4v) is 4.16. The standard InChI is InChI=1S/C8H17NO6S2/c1-6-2-3-8(6)17(14,15)9-4-7(10)5-16(11,12)13/h6-10H,2-5H2,1H3,(H,11,12,13). The quantitative estimate of drug-likeness (QED) is 0.536. The second kappa shape index (κ2) is 5.19. The van der Waals surface area contributed by atoms with Gasteiger partial charge in [0, 0.05) is 6.54 Å². The van der Waals surface area contributed by atoms with Crippen molar-refractivity contribution in [2.45, 2.75) is 31.1 Å². The zero-order chi connectivity index (χ0) is 13.3. The predicted molar refractivity (Wildman–Crippen MR) is 61.5 cm³/mol. The van der Waals surface area contributed by atoms with Gasteiger partial charge in [0.1, 0.15) is 5.75 Å². The SMILES string of the molecule is CC1CCC1S(=O)(=O)NCC(O)CS(=O)(=O)O. The minimum atomic E-state index is -4.30. The van der Waals surface area contributed by atoms with Crippen molar-refractivity contribution in [1.29, 1.82) is 0 Å². The first-order chi connectivity index (χ1) is 7.62. The Morgan fingerprint density at radius 2 is 1.88 bits per heavy atom. The van der Waals surface area contributed by atoms with E-state index >= 15 is 0 Å². The second-order valence-corrected chi connectivity index (χ2v) is 7.87. The topological polar surface area (TPSA) is 121 Å². The van der Waals surface area contributed by atoms with Gasteiger partial charge in [0.2, 0.25) is 10.0 Å². The highest BCUT2D eigenvalue weighted by atomic mass is 32.2. The lowest BCUT2D eigenvalue weighted by Gasteiger charge is -2.33. The van der Waals surface area contributed by atoms with Gasteiger partial charge in [-0.15, -0.1) is 0 Å². The summed E-state index contributed by atoms with van der Waals surface area (Å²) in [7, 11) is -7.81. The fourth-order valence-electron chi connectivity index (χ4n) is 1.72. The van der Waals surface area contributed by atoms with Gasteiger partial charge in [-0.3, -0.25) is 4.55 Å². The molecule has 0 aromatic heterocycles. The Morgan fingerprint density at radius 3 is 2.24 bits per heavy atom. The van der Waals surface area contributed by atoms with Crippen LogP contribution in [0.3, 0.4) is 0 Å². The largest absolute Gasteiger partial charge is 0.391 e. The van der Waals surface area contributed by atoms with E-state index in [0.29, 0.717) is 6.42 Å². The first-order valence-electron chi connectivity index (χ1n) is 5.23. The molecule has 1 aliphatic carbocycles. The van der Waals surface area contributed by atoms with Gasteiger partial charge < -0.3 is 5.11 Å². The Balaban J connectivity index is 2.45. The molecule has 3 atom stereocenters. The molecule has 0 aliphatic heterocycles. The molecular formula is C8H17NO6S2. The minimum absolute atomic E-state index is 0.0752. The van der Waals surface area contributed by atoms with Crippen LogP contribution in [0.25, 0.3) is 0 Å². The Morgan fingerprint density at radius 1 is 1.29 bits per heavy atom. The summed E-state index contributed by atoms with van der Waals surface area (Å²) in [6.07, 6.45) is -0.0283. The van der Waals surface area contributed by atoms with Crippen molar-refractivity contribution >= 4 is 20.1 Å². The maximum atomic E-state index is 11.7. The lowest BCUT2D eigenvalue weighted by atomic mass is 9.87. The molecule has 9 heteroatoms. The predicted octanol–water partition coefficient (Wildman–Crippen LogP) is -1.05. The second-order valence-electron chi connectivity index (χ2n) is 4.39. The van der Waals surface area contributed by atoms with E-state index in [1.165, 1.54) is 0 Å². The molecule has 0 heterocycles. The first-order valence-corrected chi connectivity index (χ1v) is 8.39. The molecule has 17 heavy (non-hydrogen) atoms. The van der Waals surface area contributed by atoms with Crippen LogP contribution in [0.2, 0.25) is 0 Å². The summed E-state index contributed by atoms with van der Waals surface area (Å²) >= 11 is 0. The molecule has 1 fully saturated rings. The number of hydrogen-bond donors (Lipinski definition) is 3. The molecule has 0 amide bonds. The molecule has 3 unspecified atom stereocenters. The van der Waals surface area contributed by atoms with E-state index < -0.39 is 43.8 Å². The van der Waals surface area contributed by atoms with E-state index in [9.17, 15) is 21.9 Å². The summed E-state index contributed by atoms with van der Waals surface area (Å²) in [5, 5.41) is 8.75. The summed E-state index contributed by atoms with van der Waals surface area (Å²) in [5.41, 5.74) is 0. The van der Waals surface area contributed by atoms with Crippen LogP contribution in [-0.2, 0) is 20.1 Å². The maximum Gasteiger partial charge on any atom is 0.267 e. The van der Waals surface area contributed by atoms with Crippen LogP contribution in [0.5, 0.6) is 0 Å². The number of aliphatic hydroxyl groups excluding tert-OH is 1. The third-order valence-electron chi connectivity index (χ3n) is 2.86. The molecule has 0 aromatic carbocycles. The highest BCUT2D eigenvalue weighted by Crippen LogP contribution is 2.32. The summed E-state index contributed by atoms with van der Waals surface area (Å²) < 4.78 is 54.8. The monoisotopic (exact) mass is 287 g/mol. The summed E-state index contributed by atoms with van der Waals surface area (Å²) in [5.74, 6) is -0.804. The van der Waals surface area contributed by atoms with Gasteiger partial charge in [0.05, 0.1) is 11.4 Å². The van der Waals surface area contributed by atoms with Crippen LogP contribution in [0.4, 0.5) is 0 Å². The van der Waals surface area contributed by atoms with Crippen molar-refractivity contribution in [3.05, 3.63) is 0 Å². The van der Waals surface area contributed by atoms with E-state index in [1.807, 2.05) is 6.92 Å². The van der Waals surface area contributed by atoms with Crippen LogP contribution in [-0.4, -0.2) is 50.1 Å². The summed E-state index contributed by atoms with van der Waals surface area (Å²) in [6.45, 7) is 1.41. The number of sulfonamides is 1. The average molecular weight is 287 g/mol. The van der Waals surface area contributed by atoms with Gasteiger partial charge in [-0.05, 0) is 18.8 Å². The van der Waals surface area contributed by atoms with Gasteiger partial charge in [-0.25, -0.2) is 13.1 Å². The van der Waals surface area contributed by atoms with Crippen molar-refractivity contribution in [1.82, 2.24) is 4.72 Å². The lowest BCUT2D eigenvalue weighted by Crippen LogP contribution is -2.46. The van der Waals surface area contributed by atoms with Gasteiger partial charge in [-0.2, -0.15) is 8.42 Å². The van der Waals surface area contributed by atoms with E-state index in [0.717, 1.165) is 6.42 Å². The van der Waals surface area contributed by atoms with Gasteiger partial charge >= 0.3 is 0 Å². The molecule has 0 aromatic rings. The summed E-state index contributed by atoms with van der Waals surface area (Å²) in [4.78, 5) is 0. The van der Waals surface area contributed by atoms with Crippen LogP contribution >= 0.6 is 0 Å². The Labute approximate surface area is 101 Å². The molecule has 1 rings (SSSR count). The van der Waals surface area contributed by atoms with Crippen molar-refractivity contribution in [3.63, 3.8) is 0 Å². The molecule has 7 nitrogen and oxygen atoms in total. The zero-order valence-electron chi connectivity index (χ0n) is 9.40. The number of rotatable bonds is 6. The van der Waals surface area contributed by atoms with E-state index in [-0.39, 0.29) is 5.92 Å². The van der Waals surface area contributed by atoms with E-state index in [1.54, 1.807) is 0 Å². The highest BCUT2D eigenvalue weighted by molar-refractivity contribution is 7.90. The Bertz CT molecular complexity index is 456. The van der Waals surface area contributed by atoms with Crippen molar-refractivity contribution < 1.29 is 26.5 Å². The smallest absolute Gasteiger partial charge is 0.267 e. The van der Waals surface area contributed by atoms with E-state index in [4.69, 9.17) is 4.55 Å². The summed E-state index contributed by atoms with van der Waals surface area (Å²) in [6, 6.07) is 0. The van der Waals surface area contributed by atoms with E-state index in [2.05, 4.69) is 4.72 Å². The number of hydrogen-bond acceptors (Lipinski definition) is 5. The average Bonchev–Trinajstić information content (AvgIpc) is 2.09. The van der Waals surface area contributed by atoms with Crippen LogP contribution in [0.1, 0.15) is 19.8 Å². The molecule has 1 aliphatic rings. The Hall–Kier alpha value is -0.220. The normalized spacial score (nSPS) is 27.5. The third kappa shape index (κ3) is 4.51. The van der Waals surface area contributed by atoms with Gasteiger partial charge in [0.25, 0.3) is 10.1 Å². The zero-order valence-corrected chi connectivity index (χ0v) is 11.0.